The average Bonchev–Trinajstić information content (AvgIpc) is 3.33. The van der Waals surface area contributed by atoms with Gasteiger partial charge in [-0.15, -0.1) is 5.10 Å². The van der Waals surface area contributed by atoms with Crippen molar-refractivity contribution >= 4 is 11.0 Å². The number of rotatable bonds is 5. The summed E-state index contributed by atoms with van der Waals surface area (Å²) in [6.45, 7) is 4.60. The van der Waals surface area contributed by atoms with E-state index in [2.05, 4.69) is 28.4 Å². The zero-order chi connectivity index (χ0) is 18.3. The van der Waals surface area contributed by atoms with Gasteiger partial charge in [0.15, 0.2) is 5.76 Å². The lowest BCUT2D eigenvalue weighted by atomic mass is 10.1. The van der Waals surface area contributed by atoms with Crippen LogP contribution in [0.15, 0.2) is 41.1 Å². The number of furan rings is 1. The number of aryl methyl sites for hydroxylation is 3. The molecule has 4 rings (SSSR count). The van der Waals surface area contributed by atoms with Crippen molar-refractivity contribution in [1.29, 1.82) is 0 Å². The van der Waals surface area contributed by atoms with Crippen LogP contribution in [0.5, 0.6) is 0 Å². The first-order chi connectivity index (χ1) is 12.6. The minimum absolute atomic E-state index is 0.110. The molecular formula is C19H21N5O2. The number of aromatic nitrogens is 5. The quantitative estimate of drug-likeness (QED) is 0.552. The predicted octanol–water partition coefficient (Wildman–Crippen LogP) is 3.28. The van der Waals surface area contributed by atoms with Crippen LogP contribution < -0.4 is 0 Å². The van der Waals surface area contributed by atoms with Gasteiger partial charge in [-0.3, -0.25) is 4.68 Å². The Morgan fingerprint density at radius 2 is 2.08 bits per heavy atom. The molecule has 7 nitrogen and oxygen atoms in total. The molecule has 0 fully saturated rings. The van der Waals surface area contributed by atoms with Crippen molar-refractivity contribution in [1.82, 2.24) is 24.8 Å². The van der Waals surface area contributed by atoms with Crippen LogP contribution in [0.1, 0.15) is 22.9 Å². The van der Waals surface area contributed by atoms with Gasteiger partial charge in [0.2, 0.25) is 0 Å². The second-order valence-electron chi connectivity index (χ2n) is 6.49. The van der Waals surface area contributed by atoms with Crippen LogP contribution in [0.25, 0.3) is 22.4 Å². The molecule has 3 heterocycles. The lowest BCUT2D eigenvalue weighted by molar-refractivity contribution is 0.160. The van der Waals surface area contributed by atoms with E-state index in [4.69, 9.17) is 9.15 Å². The molecule has 0 spiro atoms. The number of nitrogens with zero attached hydrogens (tertiary/aromatic N) is 5. The lowest BCUT2D eigenvalue weighted by Gasteiger charge is -2.16. The Morgan fingerprint density at radius 1 is 1.23 bits per heavy atom. The van der Waals surface area contributed by atoms with E-state index in [1.54, 1.807) is 18.0 Å². The van der Waals surface area contributed by atoms with Crippen LogP contribution in [-0.4, -0.2) is 38.5 Å². The molecule has 0 bridgehead atoms. The molecule has 0 unspecified atom stereocenters. The number of hydrogen-bond donors (Lipinski definition) is 0. The predicted molar refractivity (Wildman–Crippen MR) is 97.9 cm³/mol. The number of hydrogen-bond acceptors (Lipinski definition) is 5. The van der Waals surface area contributed by atoms with Crippen molar-refractivity contribution in [3.63, 3.8) is 0 Å². The first kappa shape index (κ1) is 16.5. The number of methoxy groups -OCH3 is 1. The third-order valence-electron chi connectivity index (χ3n) is 4.68. The van der Waals surface area contributed by atoms with Crippen molar-refractivity contribution in [3.05, 3.63) is 53.5 Å². The Kier molecular flexibility index (Phi) is 4.08. The van der Waals surface area contributed by atoms with Gasteiger partial charge >= 0.3 is 0 Å². The van der Waals surface area contributed by atoms with Gasteiger partial charge in [0.05, 0.1) is 18.5 Å². The maximum atomic E-state index is 6.04. The smallest absolute Gasteiger partial charge is 0.160 e. The number of fused-ring (bicyclic) bond motifs is 1. The molecule has 0 N–H and O–H groups in total. The van der Waals surface area contributed by atoms with E-state index >= 15 is 0 Å². The zero-order valence-corrected chi connectivity index (χ0v) is 15.3. The second kappa shape index (κ2) is 6.42. The second-order valence-corrected chi connectivity index (χ2v) is 6.49. The fourth-order valence-corrected chi connectivity index (χ4v) is 3.28. The van der Waals surface area contributed by atoms with E-state index in [1.807, 2.05) is 43.0 Å². The van der Waals surface area contributed by atoms with Crippen LogP contribution in [0.3, 0.4) is 0 Å². The Hall–Kier alpha value is -2.93. The van der Waals surface area contributed by atoms with E-state index in [9.17, 15) is 0 Å². The molecule has 1 aromatic carbocycles. The molecule has 26 heavy (non-hydrogen) atoms. The Bertz CT molecular complexity index is 1060. The lowest BCUT2D eigenvalue weighted by Crippen LogP contribution is -2.19. The molecule has 0 saturated heterocycles. The van der Waals surface area contributed by atoms with Gasteiger partial charge in [-0.25, -0.2) is 4.68 Å². The first-order valence-electron chi connectivity index (χ1n) is 8.47. The molecule has 0 amide bonds. The van der Waals surface area contributed by atoms with E-state index in [1.165, 1.54) is 5.56 Å². The van der Waals surface area contributed by atoms with E-state index in [0.717, 1.165) is 28.0 Å². The third kappa shape index (κ3) is 2.70. The third-order valence-corrected chi connectivity index (χ3v) is 4.68. The van der Waals surface area contributed by atoms with E-state index in [0.29, 0.717) is 12.3 Å². The zero-order valence-electron chi connectivity index (χ0n) is 15.3. The fourth-order valence-electron chi connectivity index (χ4n) is 3.28. The van der Waals surface area contributed by atoms with Gasteiger partial charge < -0.3 is 9.15 Å². The highest BCUT2D eigenvalue weighted by Gasteiger charge is 2.21. The maximum absolute atomic E-state index is 6.04. The highest BCUT2D eigenvalue weighted by Crippen LogP contribution is 2.32. The summed E-state index contributed by atoms with van der Waals surface area (Å²) in [5.41, 5.74) is 4.84. The summed E-state index contributed by atoms with van der Waals surface area (Å²) < 4.78 is 15.0. The molecule has 0 radical (unpaired) electrons. The molecule has 7 heteroatoms. The molecule has 0 saturated carbocycles. The van der Waals surface area contributed by atoms with Crippen molar-refractivity contribution in [2.75, 3.05) is 13.7 Å². The summed E-state index contributed by atoms with van der Waals surface area (Å²) in [6, 6.07) is 8.02. The Morgan fingerprint density at radius 3 is 2.81 bits per heavy atom. The molecule has 3 aromatic heterocycles. The molecule has 1 atom stereocenters. The molecule has 4 aromatic rings. The minimum atomic E-state index is -0.110. The van der Waals surface area contributed by atoms with Crippen molar-refractivity contribution in [2.24, 2.45) is 7.05 Å². The molecule has 0 aliphatic heterocycles. The molecule has 134 valence electrons. The number of ether oxygens (including phenoxy) is 1. The SMILES string of the molecule is COC[C@@H](c1ccnn1C)n1cc(-c2oc3ccc(C)cc3c2C)nn1. The molecule has 0 aliphatic rings. The van der Waals surface area contributed by atoms with Crippen molar-refractivity contribution in [3.8, 4) is 11.5 Å². The monoisotopic (exact) mass is 351 g/mol. The van der Waals surface area contributed by atoms with Gasteiger partial charge in [-0.05, 0) is 32.0 Å². The first-order valence-corrected chi connectivity index (χ1v) is 8.47. The Balaban J connectivity index is 1.76. The normalized spacial score (nSPS) is 12.8. The maximum Gasteiger partial charge on any atom is 0.160 e. The van der Waals surface area contributed by atoms with Gasteiger partial charge in [0.25, 0.3) is 0 Å². The van der Waals surface area contributed by atoms with Crippen molar-refractivity contribution < 1.29 is 9.15 Å². The van der Waals surface area contributed by atoms with E-state index < -0.39 is 0 Å². The molecule has 0 aliphatic carbocycles. The summed E-state index contributed by atoms with van der Waals surface area (Å²) in [5.74, 6) is 0.748. The van der Waals surface area contributed by atoms with Crippen LogP contribution in [-0.2, 0) is 11.8 Å². The van der Waals surface area contributed by atoms with Gasteiger partial charge in [-0.2, -0.15) is 5.10 Å². The highest BCUT2D eigenvalue weighted by atomic mass is 16.5. The fraction of sp³-hybridized carbons (Fsp3) is 0.316. The summed E-state index contributed by atoms with van der Waals surface area (Å²) in [4.78, 5) is 0. The van der Waals surface area contributed by atoms with Gasteiger partial charge in [-0.1, -0.05) is 16.8 Å². The largest absolute Gasteiger partial charge is 0.454 e. The minimum Gasteiger partial charge on any atom is -0.454 e. The summed E-state index contributed by atoms with van der Waals surface area (Å²) in [7, 11) is 3.58. The van der Waals surface area contributed by atoms with Gasteiger partial charge in [0, 0.05) is 31.3 Å². The summed E-state index contributed by atoms with van der Waals surface area (Å²) >= 11 is 0. The Labute approximate surface area is 151 Å². The standard InChI is InChI=1S/C19H21N5O2/c1-12-5-6-18-14(9-12)13(2)19(26-18)15-10-24(22-21-15)17(11-25-4)16-7-8-20-23(16)3/h5-10,17H,11H2,1-4H3/t17-/m0/s1. The average molecular weight is 351 g/mol. The highest BCUT2D eigenvalue weighted by molar-refractivity contribution is 5.87. The van der Waals surface area contributed by atoms with E-state index in [-0.39, 0.29) is 6.04 Å². The van der Waals surface area contributed by atoms with Crippen LogP contribution >= 0.6 is 0 Å². The topological polar surface area (TPSA) is 70.9 Å². The summed E-state index contributed by atoms with van der Waals surface area (Å²) in [6.07, 6.45) is 3.66. The van der Waals surface area contributed by atoms with Crippen LogP contribution in [0, 0.1) is 13.8 Å². The van der Waals surface area contributed by atoms with Crippen molar-refractivity contribution in [2.45, 2.75) is 19.9 Å². The van der Waals surface area contributed by atoms with Crippen LogP contribution in [0.2, 0.25) is 0 Å². The number of benzene rings is 1. The summed E-state index contributed by atoms with van der Waals surface area (Å²) in [5, 5.41) is 14.0. The van der Waals surface area contributed by atoms with Gasteiger partial charge in [0.1, 0.15) is 17.3 Å². The molecular weight excluding hydrogens is 330 g/mol. The van der Waals surface area contributed by atoms with Crippen LogP contribution in [0.4, 0.5) is 0 Å².